The number of hydrogen-bond acceptors (Lipinski definition) is 2. The molecule has 2 aromatic carbocycles. The van der Waals surface area contributed by atoms with Crippen LogP contribution in [0.5, 0.6) is 0 Å². The zero-order valence-corrected chi connectivity index (χ0v) is 11.9. The second kappa shape index (κ2) is 6.04. The van der Waals surface area contributed by atoms with Gasteiger partial charge in [-0.1, -0.05) is 60.7 Å². The lowest BCUT2D eigenvalue weighted by Gasteiger charge is -2.15. The first kappa shape index (κ1) is 13.7. The quantitative estimate of drug-likeness (QED) is 0.748. The van der Waals surface area contributed by atoms with E-state index in [4.69, 9.17) is 0 Å². The van der Waals surface area contributed by atoms with Crippen LogP contribution in [0.15, 0.2) is 60.7 Å². The van der Waals surface area contributed by atoms with Crippen LogP contribution >= 0.6 is 0 Å². The molecule has 3 rings (SSSR count). The molecule has 2 heteroatoms. The largest absolute Gasteiger partial charge is 0.299 e. The van der Waals surface area contributed by atoms with Gasteiger partial charge in [-0.05, 0) is 18.4 Å². The number of benzene rings is 2. The van der Waals surface area contributed by atoms with Gasteiger partial charge in [-0.15, -0.1) is 0 Å². The molecule has 0 amide bonds. The molecule has 0 spiro atoms. The fourth-order valence-electron chi connectivity index (χ4n) is 2.65. The van der Waals surface area contributed by atoms with E-state index in [0.29, 0.717) is 5.56 Å². The van der Waals surface area contributed by atoms with Gasteiger partial charge in [-0.3, -0.25) is 9.59 Å². The van der Waals surface area contributed by atoms with Crippen molar-refractivity contribution in [3.05, 3.63) is 71.8 Å². The topological polar surface area (TPSA) is 34.1 Å². The molecule has 0 aliphatic heterocycles. The van der Waals surface area contributed by atoms with Crippen LogP contribution in [0.3, 0.4) is 0 Å². The zero-order valence-electron chi connectivity index (χ0n) is 11.9. The standard InChI is InChI=1S/C19H18O2/c20-18(15-9-5-2-6-10-15)13-17(19(21)16-11-12-16)14-7-3-1-4-8-14/h1-10,16-17H,11-13H2. The van der Waals surface area contributed by atoms with E-state index in [-0.39, 0.29) is 29.8 Å². The summed E-state index contributed by atoms with van der Waals surface area (Å²) in [6.45, 7) is 0. The number of rotatable bonds is 6. The molecule has 1 fully saturated rings. The third kappa shape index (κ3) is 3.27. The van der Waals surface area contributed by atoms with E-state index in [1.54, 1.807) is 0 Å². The normalized spacial score (nSPS) is 15.4. The monoisotopic (exact) mass is 278 g/mol. The molecule has 0 heterocycles. The molecular weight excluding hydrogens is 260 g/mol. The van der Waals surface area contributed by atoms with Gasteiger partial charge in [0.2, 0.25) is 0 Å². The zero-order chi connectivity index (χ0) is 14.7. The predicted octanol–water partition coefficient (Wildman–Crippen LogP) is 4.02. The highest BCUT2D eigenvalue weighted by Crippen LogP contribution is 2.37. The lowest BCUT2D eigenvalue weighted by Crippen LogP contribution is -2.18. The SMILES string of the molecule is O=C(CC(C(=O)C1CC1)c1ccccc1)c1ccccc1. The Balaban J connectivity index is 1.82. The van der Waals surface area contributed by atoms with Crippen molar-refractivity contribution in [2.45, 2.75) is 25.2 Å². The molecule has 0 saturated heterocycles. The van der Waals surface area contributed by atoms with Gasteiger partial charge in [0.05, 0.1) is 5.92 Å². The molecule has 106 valence electrons. The average molecular weight is 278 g/mol. The molecule has 2 aromatic rings. The van der Waals surface area contributed by atoms with Crippen molar-refractivity contribution in [1.29, 1.82) is 0 Å². The van der Waals surface area contributed by atoms with Crippen molar-refractivity contribution < 1.29 is 9.59 Å². The van der Waals surface area contributed by atoms with Crippen molar-refractivity contribution in [2.24, 2.45) is 5.92 Å². The summed E-state index contributed by atoms with van der Waals surface area (Å²) in [7, 11) is 0. The molecule has 0 N–H and O–H groups in total. The highest BCUT2D eigenvalue weighted by Gasteiger charge is 2.36. The van der Waals surface area contributed by atoms with Crippen LogP contribution in [0, 0.1) is 5.92 Å². The van der Waals surface area contributed by atoms with Crippen LogP contribution in [-0.4, -0.2) is 11.6 Å². The van der Waals surface area contributed by atoms with Crippen LogP contribution in [0.2, 0.25) is 0 Å². The summed E-state index contributed by atoms with van der Waals surface area (Å²) in [5.41, 5.74) is 1.64. The van der Waals surface area contributed by atoms with E-state index in [1.165, 1.54) is 0 Å². The van der Waals surface area contributed by atoms with Crippen LogP contribution in [-0.2, 0) is 4.79 Å². The summed E-state index contributed by atoms with van der Waals surface area (Å²) < 4.78 is 0. The van der Waals surface area contributed by atoms with Crippen LogP contribution in [0.4, 0.5) is 0 Å². The van der Waals surface area contributed by atoms with E-state index in [2.05, 4.69) is 0 Å². The molecule has 2 nitrogen and oxygen atoms in total. The number of carbonyl (C=O) groups is 2. The smallest absolute Gasteiger partial charge is 0.163 e. The Morgan fingerprint density at radius 1 is 0.905 bits per heavy atom. The summed E-state index contributed by atoms with van der Waals surface area (Å²) in [5.74, 6) is 0.133. The van der Waals surface area contributed by atoms with Crippen LogP contribution in [0.1, 0.15) is 41.1 Å². The van der Waals surface area contributed by atoms with Gasteiger partial charge in [0.25, 0.3) is 0 Å². The Morgan fingerprint density at radius 2 is 1.48 bits per heavy atom. The maximum absolute atomic E-state index is 12.5. The van der Waals surface area contributed by atoms with Gasteiger partial charge < -0.3 is 0 Å². The molecule has 0 aromatic heterocycles. The first-order valence-electron chi connectivity index (χ1n) is 7.42. The van der Waals surface area contributed by atoms with E-state index >= 15 is 0 Å². The second-order valence-electron chi connectivity index (χ2n) is 5.63. The summed E-state index contributed by atoms with van der Waals surface area (Å²) >= 11 is 0. The lowest BCUT2D eigenvalue weighted by atomic mass is 9.86. The molecular formula is C19H18O2. The van der Waals surface area contributed by atoms with Crippen LogP contribution < -0.4 is 0 Å². The molecule has 0 radical (unpaired) electrons. The third-order valence-electron chi connectivity index (χ3n) is 4.01. The lowest BCUT2D eigenvalue weighted by molar-refractivity contribution is -0.121. The fraction of sp³-hybridized carbons (Fsp3) is 0.263. The van der Waals surface area contributed by atoms with Crippen molar-refractivity contribution in [1.82, 2.24) is 0 Å². The summed E-state index contributed by atoms with van der Waals surface area (Å²) in [5, 5.41) is 0. The number of carbonyl (C=O) groups excluding carboxylic acids is 2. The van der Waals surface area contributed by atoms with Gasteiger partial charge in [-0.25, -0.2) is 0 Å². The van der Waals surface area contributed by atoms with Crippen molar-refractivity contribution in [3.63, 3.8) is 0 Å². The summed E-state index contributed by atoms with van der Waals surface area (Å²) in [4.78, 5) is 24.9. The van der Waals surface area contributed by atoms with E-state index in [9.17, 15) is 9.59 Å². The Labute approximate surface area is 124 Å². The number of hydrogen-bond donors (Lipinski definition) is 0. The molecule has 1 aliphatic carbocycles. The van der Waals surface area contributed by atoms with Crippen LogP contribution in [0.25, 0.3) is 0 Å². The molecule has 1 atom stereocenters. The minimum absolute atomic E-state index is 0.0402. The first-order chi connectivity index (χ1) is 10.3. The highest BCUT2D eigenvalue weighted by atomic mass is 16.1. The Kier molecular flexibility index (Phi) is 3.96. The summed E-state index contributed by atoms with van der Waals surface area (Å²) in [6.07, 6.45) is 2.22. The fourth-order valence-corrected chi connectivity index (χ4v) is 2.65. The van der Waals surface area contributed by atoms with Crippen molar-refractivity contribution in [2.75, 3.05) is 0 Å². The Hall–Kier alpha value is -2.22. The summed E-state index contributed by atoms with van der Waals surface area (Å²) in [6, 6.07) is 18.9. The third-order valence-corrected chi connectivity index (χ3v) is 4.01. The Bertz CT molecular complexity index is 627. The van der Waals surface area contributed by atoms with E-state index < -0.39 is 0 Å². The van der Waals surface area contributed by atoms with Crippen molar-refractivity contribution >= 4 is 11.6 Å². The first-order valence-corrected chi connectivity index (χ1v) is 7.42. The Morgan fingerprint density at radius 3 is 2.05 bits per heavy atom. The number of ketones is 2. The van der Waals surface area contributed by atoms with Gasteiger partial charge in [0.15, 0.2) is 5.78 Å². The van der Waals surface area contributed by atoms with Gasteiger partial charge in [0, 0.05) is 17.9 Å². The molecule has 0 bridgehead atoms. The molecule has 1 aliphatic rings. The van der Waals surface area contributed by atoms with E-state index in [0.717, 1.165) is 18.4 Å². The van der Waals surface area contributed by atoms with Gasteiger partial charge >= 0.3 is 0 Å². The maximum Gasteiger partial charge on any atom is 0.163 e. The highest BCUT2D eigenvalue weighted by molar-refractivity contribution is 6.01. The van der Waals surface area contributed by atoms with Crippen molar-refractivity contribution in [3.8, 4) is 0 Å². The molecule has 1 unspecified atom stereocenters. The minimum atomic E-state index is -0.300. The number of Topliss-reactive ketones (excluding diaryl/α,β-unsaturated/α-hetero) is 2. The predicted molar refractivity (Wildman–Crippen MR) is 82.3 cm³/mol. The second-order valence-corrected chi connectivity index (χ2v) is 5.63. The average Bonchev–Trinajstić information content (AvgIpc) is 3.38. The minimum Gasteiger partial charge on any atom is -0.299 e. The maximum atomic E-state index is 12.5. The van der Waals surface area contributed by atoms with Gasteiger partial charge in [-0.2, -0.15) is 0 Å². The molecule has 1 saturated carbocycles. The molecule has 21 heavy (non-hydrogen) atoms. The van der Waals surface area contributed by atoms with Gasteiger partial charge in [0.1, 0.15) is 5.78 Å². The van der Waals surface area contributed by atoms with E-state index in [1.807, 2.05) is 60.7 Å².